The quantitative estimate of drug-likeness (QED) is 0.670. The first-order valence-electron chi connectivity index (χ1n) is 10.1. The van der Waals surface area contributed by atoms with E-state index in [2.05, 4.69) is 20.8 Å². The Morgan fingerprint density at radius 1 is 1.10 bits per heavy atom. The lowest BCUT2D eigenvalue weighted by Gasteiger charge is -2.27. The summed E-state index contributed by atoms with van der Waals surface area (Å²) in [5, 5.41) is 0. The number of methoxy groups -OCH3 is 1. The van der Waals surface area contributed by atoms with Gasteiger partial charge in [0.25, 0.3) is 0 Å². The highest BCUT2D eigenvalue weighted by Crippen LogP contribution is 2.39. The molecule has 0 aliphatic carbocycles. The van der Waals surface area contributed by atoms with E-state index in [1.165, 1.54) is 0 Å². The molecule has 1 atom stereocenters. The highest BCUT2D eigenvalue weighted by molar-refractivity contribution is 7.89. The Kier molecular flexibility index (Phi) is 6.24. The van der Waals surface area contributed by atoms with Crippen molar-refractivity contribution >= 4 is 10.0 Å². The van der Waals surface area contributed by atoms with Crippen molar-refractivity contribution in [3.8, 4) is 11.5 Å². The number of sulfonamides is 1. The van der Waals surface area contributed by atoms with Gasteiger partial charge in [-0.25, -0.2) is 8.42 Å². The Labute approximate surface area is 174 Å². The molecule has 0 aromatic heterocycles. The molecule has 1 saturated heterocycles. The molecule has 1 fully saturated rings. The first-order chi connectivity index (χ1) is 13.7. The van der Waals surface area contributed by atoms with Crippen LogP contribution in [0.1, 0.15) is 57.7 Å². The van der Waals surface area contributed by atoms with Crippen LogP contribution in [-0.4, -0.2) is 33.0 Å². The van der Waals surface area contributed by atoms with E-state index in [1.807, 2.05) is 31.2 Å². The summed E-state index contributed by atoms with van der Waals surface area (Å²) in [4.78, 5) is 0.320. The maximum absolute atomic E-state index is 13.5. The molecule has 3 rings (SSSR count). The Bertz CT molecular complexity index is 946. The number of hydrogen-bond donors (Lipinski definition) is 0. The van der Waals surface area contributed by atoms with Gasteiger partial charge in [0.15, 0.2) is 0 Å². The summed E-state index contributed by atoms with van der Waals surface area (Å²) in [5.74, 6) is 1.51. The second-order valence-corrected chi connectivity index (χ2v) is 10.3. The summed E-state index contributed by atoms with van der Waals surface area (Å²) in [6, 6.07) is 12.8. The molecule has 0 N–H and O–H groups in total. The summed E-state index contributed by atoms with van der Waals surface area (Å²) >= 11 is 0. The normalized spacial score (nSPS) is 18.0. The smallest absolute Gasteiger partial charge is 0.243 e. The lowest BCUT2D eigenvalue weighted by molar-refractivity contribution is 0.339. The fraction of sp³-hybridized carbons (Fsp3) is 0.478. The number of benzene rings is 2. The van der Waals surface area contributed by atoms with Crippen molar-refractivity contribution < 1.29 is 17.9 Å². The number of ether oxygens (including phenoxy) is 2. The minimum Gasteiger partial charge on any atom is -0.496 e. The third-order valence-electron chi connectivity index (χ3n) is 5.37. The van der Waals surface area contributed by atoms with Crippen molar-refractivity contribution in [2.24, 2.45) is 0 Å². The van der Waals surface area contributed by atoms with E-state index in [1.54, 1.807) is 29.6 Å². The largest absolute Gasteiger partial charge is 0.496 e. The van der Waals surface area contributed by atoms with Crippen molar-refractivity contribution in [2.45, 2.75) is 56.9 Å². The zero-order chi connectivity index (χ0) is 21.2. The minimum absolute atomic E-state index is 0.157. The van der Waals surface area contributed by atoms with Crippen molar-refractivity contribution in [1.82, 2.24) is 4.31 Å². The second kappa shape index (κ2) is 8.36. The molecule has 158 valence electrons. The molecule has 0 amide bonds. The van der Waals surface area contributed by atoms with Gasteiger partial charge < -0.3 is 9.47 Å². The molecule has 0 spiro atoms. The van der Waals surface area contributed by atoms with Crippen LogP contribution in [0.25, 0.3) is 0 Å². The predicted octanol–water partition coefficient (Wildman–Crippen LogP) is 4.92. The molecular formula is C23H31NO4S. The number of hydrogen-bond acceptors (Lipinski definition) is 4. The van der Waals surface area contributed by atoms with Crippen molar-refractivity contribution in [3.63, 3.8) is 0 Å². The highest BCUT2D eigenvalue weighted by atomic mass is 32.2. The number of nitrogens with zero attached hydrogens (tertiary/aromatic N) is 1. The first kappa shape index (κ1) is 21.7. The van der Waals surface area contributed by atoms with Crippen LogP contribution in [0.15, 0.2) is 47.4 Å². The molecule has 2 aromatic carbocycles. The van der Waals surface area contributed by atoms with E-state index in [0.717, 1.165) is 29.7 Å². The summed E-state index contributed by atoms with van der Waals surface area (Å²) < 4.78 is 39.7. The lowest BCUT2D eigenvalue weighted by atomic mass is 9.86. The van der Waals surface area contributed by atoms with Gasteiger partial charge in [0.05, 0.1) is 24.7 Å². The van der Waals surface area contributed by atoms with Gasteiger partial charge >= 0.3 is 0 Å². The molecule has 5 nitrogen and oxygen atoms in total. The van der Waals surface area contributed by atoms with Gasteiger partial charge in [0.2, 0.25) is 10.0 Å². The van der Waals surface area contributed by atoms with Gasteiger partial charge in [-0.1, -0.05) is 32.9 Å². The van der Waals surface area contributed by atoms with Crippen LogP contribution in [0.5, 0.6) is 11.5 Å². The topological polar surface area (TPSA) is 55.8 Å². The van der Waals surface area contributed by atoms with Crippen LogP contribution in [0.4, 0.5) is 0 Å². The van der Waals surface area contributed by atoms with E-state index in [4.69, 9.17) is 9.47 Å². The molecule has 29 heavy (non-hydrogen) atoms. The monoisotopic (exact) mass is 417 g/mol. The van der Waals surface area contributed by atoms with Gasteiger partial charge in [-0.15, -0.1) is 0 Å². The zero-order valence-electron chi connectivity index (χ0n) is 17.9. The Balaban J connectivity index is 1.96. The molecule has 6 heteroatoms. The minimum atomic E-state index is -3.62. The first-order valence-corrected chi connectivity index (χ1v) is 11.6. The predicted molar refractivity (Wildman–Crippen MR) is 115 cm³/mol. The molecule has 0 saturated carbocycles. The molecule has 0 unspecified atom stereocenters. The van der Waals surface area contributed by atoms with Crippen LogP contribution in [-0.2, 0) is 15.4 Å². The van der Waals surface area contributed by atoms with Crippen molar-refractivity contribution in [3.05, 3.63) is 53.6 Å². The second-order valence-electron chi connectivity index (χ2n) is 8.39. The average Bonchev–Trinajstić information content (AvgIpc) is 3.18. The Morgan fingerprint density at radius 3 is 2.38 bits per heavy atom. The van der Waals surface area contributed by atoms with Crippen LogP contribution in [0, 0.1) is 0 Å². The SMILES string of the molecule is CCOc1ccc([C@@H]2CCCN2S(=O)(=O)c2ccc(OC)c(C(C)(C)C)c2)cc1. The molecule has 0 radical (unpaired) electrons. The van der Waals surface area contributed by atoms with Gasteiger partial charge in [0.1, 0.15) is 11.5 Å². The van der Waals surface area contributed by atoms with E-state index in [0.29, 0.717) is 23.8 Å². The van der Waals surface area contributed by atoms with Gasteiger partial charge in [-0.05, 0) is 61.1 Å². The maximum Gasteiger partial charge on any atom is 0.243 e. The average molecular weight is 418 g/mol. The van der Waals surface area contributed by atoms with Crippen LogP contribution >= 0.6 is 0 Å². The fourth-order valence-corrected chi connectivity index (χ4v) is 5.59. The van der Waals surface area contributed by atoms with Gasteiger partial charge in [-0.3, -0.25) is 0 Å². The van der Waals surface area contributed by atoms with Crippen LogP contribution < -0.4 is 9.47 Å². The highest BCUT2D eigenvalue weighted by Gasteiger charge is 2.37. The van der Waals surface area contributed by atoms with E-state index >= 15 is 0 Å². The lowest BCUT2D eigenvalue weighted by Crippen LogP contribution is -2.31. The fourth-order valence-electron chi connectivity index (χ4n) is 3.88. The zero-order valence-corrected chi connectivity index (χ0v) is 18.8. The molecule has 1 heterocycles. The molecular weight excluding hydrogens is 386 g/mol. The standard InChI is InChI=1S/C23H31NO4S/c1-6-28-18-11-9-17(10-12-18)21-8-7-15-24(21)29(25,26)19-13-14-22(27-5)20(16-19)23(2,3)4/h9-14,16,21H,6-8,15H2,1-5H3/t21-/m0/s1. The molecule has 0 bridgehead atoms. The molecule has 1 aliphatic rings. The number of rotatable bonds is 6. The third kappa shape index (κ3) is 4.43. The summed E-state index contributed by atoms with van der Waals surface area (Å²) in [6.07, 6.45) is 1.66. The summed E-state index contributed by atoms with van der Waals surface area (Å²) in [6.45, 7) is 9.24. The summed E-state index contributed by atoms with van der Waals surface area (Å²) in [5.41, 5.74) is 1.66. The Morgan fingerprint density at radius 2 is 1.79 bits per heavy atom. The van der Waals surface area contributed by atoms with Crippen LogP contribution in [0.3, 0.4) is 0 Å². The van der Waals surface area contributed by atoms with E-state index < -0.39 is 10.0 Å². The maximum atomic E-state index is 13.5. The van der Waals surface area contributed by atoms with Crippen LogP contribution in [0.2, 0.25) is 0 Å². The third-order valence-corrected chi connectivity index (χ3v) is 7.27. The Hall–Kier alpha value is -2.05. The van der Waals surface area contributed by atoms with Gasteiger partial charge in [0, 0.05) is 12.1 Å². The van der Waals surface area contributed by atoms with E-state index in [-0.39, 0.29) is 11.5 Å². The summed E-state index contributed by atoms with van der Waals surface area (Å²) in [7, 11) is -2.01. The van der Waals surface area contributed by atoms with Crippen molar-refractivity contribution in [1.29, 1.82) is 0 Å². The molecule has 2 aromatic rings. The van der Waals surface area contributed by atoms with Crippen molar-refractivity contribution in [2.75, 3.05) is 20.3 Å². The van der Waals surface area contributed by atoms with Gasteiger partial charge in [-0.2, -0.15) is 4.31 Å². The van der Waals surface area contributed by atoms with E-state index in [9.17, 15) is 8.42 Å². The molecule has 1 aliphatic heterocycles.